The molecule has 1 aliphatic heterocycles. The minimum absolute atomic E-state index is 0.0965. The molecule has 1 unspecified atom stereocenters. The molecule has 0 amide bonds. The second-order valence-corrected chi connectivity index (χ2v) is 5.79. The number of alkyl halides is 3. The maximum atomic E-state index is 12.8. The van der Waals surface area contributed by atoms with E-state index in [0.717, 1.165) is 29.6 Å². The summed E-state index contributed by atoms with van der Waals surface area (Å²) in [6.07, 6.45) is 0.525. The minimum Gasteiger partial charge on any atom is -0.478 e. The van der Waals surface area contributed by atoms with Gasteiger partial charge in [-0.05, 0) is 42.8 Å². The molecule has 1 N–H and O–H groups in total. The zero-order valence-corrected chi connectivity index (χ0v) is 13.1. The first-order valence-corrected chi connectivity index (χ1v) is 7.64. The molecule has 4 nitrogen and oxygen atoms in total. The molecule has 1 atom stereocenters. The van der Waals surface area contributed by atoms with Crippen LogP contribution in [-0.2, 0) is 17.4 Å². The van der Waals surface area contributed by atoms with Gasteiger partial charge in [-0.1, -0.05) is 6.08 Å². The van der Waals surface area contributed by atoms with Crippen LogP contribution in [0.3, 0.4) is 0 Å². The summed E-state index contributed by atoms with van der Waals surface area (Å²) in [6.45, 7) is 0.466. The number of carbonyl (C=O) groups is 1. The molecule has 0 spiro atoms. The number of halogens is 3. The highest BCUT2D eigenvalue weighted by Gasteiger charge is 2.31. The summed E-state index contributed by atoms with van der Waals surface area (Å²) in [5, 5.41) is 8.81. The molecule has 1 aromatic carbocycles. The van der Waals surface area contributed by atoms with E-state index in [0.29, 0.717) is 18.7 Å². The van der Waals surface area contributed by atoms with Gasteiger partial charge >= 0.3 is 12.1 Å². The van der Waals surface area contributed by atoms with Gasteiger partial charge in [0, 0.05) is 30.4 Å². The number of fused-ring (bicyclic) bond motifs is 1. The van der Waals surface area contributed by atoms with E-state index < -0.39 is 17.7 Å². The number of pyridine rings is 1. The third-order valence-electron chi connectivity index (χ3n) is 4.05. The molecule has 3 rings (SSSR count). The van der Waals surface area contributed by atoms with Gasteiger partial charge in [-0.25, -0.2) is 4.79 Å². The number of aliphatic carboxylic acids is 1. The van der Waals surface area contributed by atoms with Crippen molar-refractivity contribution in [3.8, 4) is 0 Å². The minimum atomic E-state index is -4.38. The highest BCUT2D eigenvalue weighted by Crippen LogP contribution is 2.36. The standard InChI is InChI=1S/C18H15F3N2O2/c19-18(20,21)13-4-6-14(7-5-13)23-11-12(3-8-17(24)25)10-15-16(23)2-1-9-22-15/h1-9,12H,10-11H2,(H,24,25)/b8-3+. The first-order valence-electron chi connectivity index (χ1n) is 7.64. The maximum absolute atomic E-state index is 12.8. The van der Waals surface area contributed by atoms with Crippen molar-refractivity contribution in [1.82, 2.24) is 4.98 Å². The first kappa shape index (κ1) is 17.0. The van der Waals surface area contributed by atoms with Crippen molar-refractivity contribution < 1.29 is 23.1 Å². The molecule has 0 aliphatic carbocycles. The third-order valence-corrected chi connectivity index (χ3v) is 4.05. The van der Waals surface area contributed by atoms with Crippen LogP contribution in [0, 0.1) is 5.92 Å². The second-order valence-electron chi connectivity index (χ2n) is 5.79. The van der Waals surface area contributed by atoms with Crippen molar-refractivity contribution in [2.45, 2.75) is 12.6 Å². The smallest absolute Gasteiger partial charge is 0.416 e. The molecule has 25 heavy (non-hydrogen) atoms. The molecule has 7 heteroatoms. The molecule has 0 saturated heterocycles. The zero-order valence-electron chi connectivity index (χ0n) is 13.1. The number of benzene rings is 1. The number of nitrogens with zero attached hydrogens (tertiary/aromatic N) is 2. The van der Waals surface area contributed by atoms with E-state index in [-0.39, 0.29) is 5.92 Å². The number of aromatic nitrogens is 1. The van der Waals surface area contributed by atoms with Crippen LogP contribution >= 0.6 is 0 Å². The Bertz CT molecular complexity index is 801. The third kappa shape index (κ3) is 3.81. The Morgan fingerprint density at radius 1 is 1.24 bits per heavy atom. The quantitative estimate of drug-likeness (QED) is 0.850. The lowest BCUT2D eigenvalue weighted by Crippen LogP contribution is -2.31. The number of carboxylic acids is 1. The normalized spacial score (nSPS) is 17.6. The largest absolute Gasteiger partial charge is 0.478 e. The van der Waals surface area contributed by atoms with E-state index in [1.807, 2.05) is 11.0 Å². The van der Waals surface area contributed by atoms with Crippen LogP contribution in [0.1, 0.15) is 11.3 Å². The monoisotopic (exact) mass is 348 g/mol. The molecule has 0 bridgehead atoms. The highest BCUT2D eigenvalue weighted by atomic mass is 19.4. The van der Waals surface area contributed by atoms with Gasteiger partial charge in [0.05, 0.1) is 16.9 Å². The molecule has 2 aromatic rings. The predicted octanol–water partition coefficient (Wildman–Crippen LogP) is 4.05. The highest BCUT2D eigenvalue weighted by molar-refractivity contribution is 5.79. The number of carboxylic acid groups (broad SMARTS) is 1. The lowest BCUT2D eigenvalue weighted by atomic mass is 9.95. The average Bonchev–Trinajstić information content (AvgIpc) is 2.58. The van der Waals surface area contributed by atoms with Gasteiger partial charge < -0.3 is 10.0 Å². The summed E-state index contributed by atoms with van der Waals surface area (Å²) in [7, 11) is 0. The Labute approximate surface area is 142 Å². The molecule has 0 fully saturated rings. The summed E-state index contributed by atoms with van der Waals surface area (Å²) >= 11 is 0. The summed E-state index contributed by atoms with van der Waals surface area (Å²) in [4.78, 5) is 16.9. The van der Waals surface area contributed by atoms with Gasteiger partial charge in [0.15, 0.2) is 0 Å². The van der Waals surface area contributed by atoms with Gasteiger partial charge in [0.25, 0.3) is 0 Å². The maximum Gasteiger partial charge on any atom is 0.416 e. The van der Waals surface area contributed by atoms with Crippen LogP contribution in [0.4, 0.5) is 24.5 Å². The Balaban J connectivity index is 1.94. The van der Waals surface area contributed by atoms with Gasteiger partial charge in [0.2, 0.25) is 0 Å². The Morgan fingerprint density at radius 3 is 2.60 bits per heavy atom. The fourth-order valence-electron chi connectivity index (χ4n) is 2.90. The van der Waals surface area contributed by atoms with E-state index in [4.69, 9.17) is 5.11 Å². The molecule has 1 aromatic heterocycles. The SMILES string of the molecule is O=C(O)/C=C/C1Cc2ncccc2N(c2ccc(C(F)(F)F)cc2)C1. The van der Waals surface area contributed by atoms with E-state index in [9.17, 15) is 18.0 Å². The summed E-state index contributed by atoms with van der Waals surface area (Å²) in [5.41, 5.74) is 1.51. The molecular weight excluding hydrogens is 333 g/mol. The van der Waals surface area contributed by atoms with Crippen LogP contribution in [0.2, 0.25) is 0 Å². The van der Waals surface area contributed by atoms with Crippen molar-refractivity contribution in [2.24, 2.45) is 5.92 Å². The van der Waals surface area contributed by atoms with Crippen LogP contribution < -0.4 is 4.90 Å². The Morgan fingerprint density at radius 2 is 1.96 bits per heavy atom. The number of rotatable bonds is 3. The summed E-state index contributed by atoms with van der Waals surface area (Å²) in [5.74, 6) is -1.13. The topological polar surface area (TPSA) is 53.4 Å². The Kier molecular flexibility index (Phi) is 4.48. The molecular formula is C18H15F3N2O2. The van der Waals surface area contributed by atoms with E-state index in [1.165, 1.54) is 12.1 Å². The fourth-order valence-corrected chi connectivity index (χ4v) is 2.90. The predicted molar refractivity (Wildman–Crippen MR) is 86.7 cm³/mol. The van der Waals surface area contributed by atoms with Crippen LogP contribution in [0.15, 0.2) is 54.7 Å². The molecule has 0 saturated carbocycles. The molecule has 1 aliphatic rings. The van der Waals surface area contributed by atoms with Crippen molar-refractivity contribution in [3.05, 3.63) is 66.0 Å². The number of hydrogen-bond acceptors (Lipinski definition) is 3. The van der Waals surface area contributed by atoms with Crippen molar-refractivity contribution in [2.75, 3.05) is 11.4 Å². The number of anilines is 2. The van der Waals surface area contributed by atoms with Crippen molar-refractivity contribution >= 4 is 17.3 Å². The van der Waals surface area contributed by atoms with E-state index >= 15 is 0 Å². The second kappa shape index (κ2) is 6.58. The summed E-state index contributed by atoms with van der Waals surface area (Å²) < 4.78 is 38.3. The Hall–Kier alpha value is -2.83. The average molecular weight is 348 g/mol. The van der Waals surface area contributed by atoms with Gasteiger partial charge in [-0.3, -0.25) is 4.98 Å². The molecule has 0 radical (unpaired) electrons. The van der Waals surface area contributed by atoms with Gasteiger partial charge in [-0.2, -0.15) is 13.2 Å². The first-order chi connectivity index (χ1) is 11.8. The lowest BCUT2D eigenvalue weighted by Gasteiger charge is -2.34. The number of hydrogen-bond donors (Lipinski definition) is 1. The van der Waals surface area contributed by atoms with Crippen LogP contribution in [-0.4, -0.2) is 22.6 Å². The molecule has 130 valence electrons. The van der Waals surface area contributed by atoms with Gasteiger partial charge in [-0.15, -0.1) is 0 Å². The van der Waals surface area contributed by atoms with E-state index in [1.54, 1.807) is 18.3 Å². The van der Waals surface area contributed by atoms with E-state index in [2.05, 4.69) is 4.98 Å². The van der Waals surface area contributed by atoms with Crippen molar-refractivity contribution in [1.29, 1.82) is 0 Å². The van der Waals surface area contributed by atoms with Crippen LogP contribution in [0.25, 0.3) is 0 Å². The lowest BCUT2D eigenvalue weighted by molar-refractivity contribution is -0.137. The molecule has 2 heterocycles. The zero-order chi connectivity index (χ0) is 18.0. The fraction of sp³-hybridized carbons (Fsp3) is 0.222. The van der Waals surface area contributed by atoms with Gasteiger partial charge in [0.1, 0.15) is 0 Å². The van der Waals surface area contributed by atoms with Crippen molar-refractivity contribution in [3.63, 3.8) is 0 Å². The van der Waals surface area contributed by atoms with Crippen LogP contribution in [0.5, 0.6) is 0 Å². The summed E-state index contributed by atoms with van der Waals surface area (Å²) in [6, 6.07) is 8.55.